The van der Waals surface area contributed by atoms with Gasteiger partial charge in [0, 0.05) is 12.5 Å². The van der Waals surface area contributed by atoms with Crippen LogP contribution in [0.3, 0.4) is 0 Å². The second-order valence-corrected chi connectivity index (χ2v) is 5.24. The van der Waals surface area contributed by atoms with Crippen molar-refractivity contribution in [3.63, 3.8) is 0 Å². The number of carbonyl (C=O) groups excluding carboxylic acids is 1. The highest BCUT2D eigenvalue weighted by atomic mass is 35.5. The van der Waals surface area contributed by atoms with Crippen molar-refractivity contribution in [1.29, 1.82) is 0 Å². The van der Waals surface area contributed by atoms with Gasteiger partial charge >= 0.3 is 0 Å². The van der Waals surface area contributed by atoms with Gasteiger partial charge in [-0.25, -0.2) is 0 Å². The zero-order chi connectivity index (χ0) is 13.0. The largest absolute Gasteiger partial charge is 0.352 e. The molecule has 1 amide bonds. The molecule has 19 heavy (non-hydrogen) atoms. The lowest BCUT2D eigenvalue weighted by Crippen LogP contribution is -2.34. The molecule has 2 rings (SSSR count). The number of halogens is 1. The van der Waals surface area contributed by atoms with Crippen molar-refractivity contribution in [2.45, 2.75) is 32.7 Å². The first-order valence-corrected chi connectivity index (χ1v) is 6.74. The molecule has 1 aromatic rings. The summed E-state index contributed by atoms with van der Waals surface area (Å²) in [6.45, 7) is 3.31. The van der Waals surface area contributed by atoms with Gasteiger partial charge in [0.2, 0.25) is 5.91 Å². The van der Waals surface area contributed by atoms with Crippen LogP contribution < -0.4 is 11.1 Å². The first-order valence-electron chi connectivity index (χ1n) is 6.74. The Bertz CT molecular complexity index is 405. The fourth-order valence-electron chi connectivity index (χ4n) is 2.69. The summed E-state index contributed by atoms with van der Waals surface area (Å²) in [5.41, 5.74) is 8.10. The van der Waals surface area contributed by atoms with E-state index in [-0.39, 0.29) is 24.2 Å². The molecule has 0 saturated heterocycles. The molecule has 1 aliphatic rings. The summed E-state index contributed by atoms with van der Waals surface area (Å²) >= 11 is 0. The zero-order valence-electron chi connectivity index (χ0n) is 11.4. The molecule has 0 heterocycles. The highest BCUT2D eigenvalue weighted by Gasteiger charge is 2.31. The Morgan fingerprint density at radius 1 is 1.32 bits per heavy atom. The average molecular weight is 283 g/mol. The Balaban J connectivity index is 0.00000180. The van der Waals surface area contributed by atoms with E-state index >= 15 is 0 Å². The van der Waals surface area contributed by atoms with E-state index < -0.39 is 0 Å². The van der Waals surface area contributed by atoms with Crippen LogP contribution in [0.4, 0.5) is 0 Å². The third kappa shape index (κ3) is 4.22. The van der Waals surface area contributed by atoms with Crippen molar-refractivity contribution in [1.82, 2.24) is 5.32 Å². The SMILES string of the molecule is Cc1ccc(CNC(=O)[C@@H]2CCC[C@@H]2CN)cc1.Cl. The Labute approximate surface area is 121 Å². The number of amides is 1. The van der Waals surface area contributed by atoms with Gasteiger partial charge in [-0.15, -0.1) is 12.4 Å². The van der Waals surface area contributed by atoms with Crippen molar-refractivity contribution < 1.29 is 4.79 Å². The van der Waals surface area contributed by atoms with Gasteiger partial charge in [0.05, 0.1) is 0 Å². The predicted molar refractivity (Wildman–Crippen MR) is 80.2 cm³/mol. The summed E-state index contributed by atoms with van der Waals surface area (Å²) in [6, 6.07) is 8.26. The van der Waals surface area contributed by atoms with Gasteiger partial charge < -0.3 is 11.1 Å². The van der Waals surface area contributed by atoms with E-state index in [0.29, 0.717) is 19.0 Å². The first kappa shape index (κ1) is 16.0. The minimum Gasteiger partial charge on any atom is -0.352 e. The highest BCUT2D eigenvalue weighted by Crippen LogP contribution is 2.30. The molecular formula is C15H23ClN2O. The van der Waals surface area contributed by atoms with Gasteiger partial charge in [0.15, 0.2) is 0 Å². The van der Waals surface area contributed by atoms with Crippen molar-refractivity contribution in [2.24, 2.45) is 17.6 Å². The van der Waals surface area contributed by atoms with Crippen LogP contribution in [0.25, 0.3) is 0 Å². The molecule has 3 N–H and O–H groups in total. The Hall–Kier alpha value is -1.06. The van der Waals surface area contributed by atoms with Crippen LogP contribution in [0.2, 0.25) is 0 Å². The van der Waals surface area contributed by atoms with Crippen LogP contribution >= 0.6 is 12.4 Å². The van der Waals surface area contributed by atoms with Gasteiger partial charge in [0.25, 0.3) is 0 Å². The maximum absolute atomic E-state index is 12.1. The van der Waals surface area contributed by atoms with Crippen LogP contribution in [0, 0.1) is 18.8 Å². The van der Waals surface area contributed by atoms with Crippen molar-refractivity contribution in [3.05, 3.63) is 35.4 Å². The predicted octanol–water partition coefficient (Wildman–Crippen LogP) is 2.41. The van der Waals surface area contributed by atoms with Gasteiger partial charge in [-0.05, 0) is 37.8 Å². The molecule has 0 unspecified atom stereocenters. The summed E-state index contributed by atoms with van der Waals surface area (Å²) in [5, 5.41) is 3.03. The number of nitrogens with one attached hydrogen (secondary N) is 1. The van der Waals surface area contributed by atoms with Crippen LogP contribution in [-0.4, -0.2) is 12.5 Å². The Morgan fingerprint density at radius 3 is 2.63 bits per heavy atom. The number of nitrogens with two attached hydrogens (primary N) is 1. The second kappa shape index (κ2) is 7.51. The maximum Gasteiger partial charge on any atom is 0.223 e. The molecule has 4 heteroatoms. The zero-order valence-corrected chi connectivity index (χ0v) is 12.2. The number of hydrogen-bond donors (Lipinski definition) is 2. The summed E-state index contributed by atoms with van der Waals surface area (Å²) in [4.78, 5) is 12.1. The van der Waals surface area contributed by atoms with Crippen LogP contribution in [0.1, 0.15) is 30.4 Å². The Kier molecular flexibility index (Phi) is 6.32. The summed E-state index contributed by atoms with van der Waals surface area (Å²) in [7, 11) is 0. The van der Waals surface area contributed by atoms with Crippen molar-refractivity contribution >= 4 is 18.3 Å². The molecule has 1 saturated carbocycles. The maximum atomic E-state index is 12.1. The smallest absolute Gasteiger partial charge is 0.223 e. The molecule has 0 aliphatic heterocycles. The monoisotopic (exact) mass is 282 g/mol. The fraction of sp³-hybridized carbons (Fsp3) is 0.533. The Morgan fingerprint density at radius 2 is 2.00 bits per heavy atom. The minimum atomic E-state index is 0. The molecule has 0 spiro atoms. The van der Waals surface area contributed by atoms with E-state index in [0.717, 1.165) is 24.8 Å². The molecule has 0 bridgehead atoms. The average Bonchev–Trinajstić information content (AvgIpc) is 2.86. The minimum absolute atomic E-state index is 0. The number of carbonyl (C=O) groups is 1. The standard InChI is InChI=1S/C15H22N2O.ClH/c1-11-5-7-12(8-6-11)10-17-15(18)14-4-2-3-13(14)9-16;/h5-8,13-14H,2-4,9-10,16H2,1H3,(H,17,18);1H/t13-,14-;/m1./s1. The normalized spacial score (nSPS) is 21.8. The lowest BCUT2D eigenvalue weighted by Gasteiger charge is -2.17. The van der Waals surface area contributed by atoms with Crippen LogP contribution in [0.15, 0.2) is 24.3 Å². The lowest BCUT2D eigenvalue weighted by molar-refractivity contribution is -0.126. The van der Waals surface area contributed by atoms with Crippen LogP contribution in [-0.2, 0) is 11.3 Å². The van der Waals surface area contributed by atoms with Crippen LogP contribution in [0.5, 0.6) is 0 Å². The topological polar surface area (TPSA) is 55.1 Å². The second-order valence-electron chi connectivity index (χ2n) is 5.24. The fourth-order valence-corrected chi connectivity index (χ4v) is 2.69. The molecule has 0 radical (unpaired) electrons. The molecule has 2 atom stereocenters. The summed E-state index contributed by atoms with van der Waals surface area (Å²) in [6.07, 6.45) is 3.21. The molecule has 1 aliphatic carbocycles. The molecule has 3 nitrogen and oxygen atoms in total. The van der Waals surface area contributed by atoms with E-state index in [1.54, 1.807) is 0 Å². The molecular weight excluding hydrogens is 260 g/mol. The van der Waals surface area contributed by atoms with E-state index in [2.05, 4.69) is 36.5 Å². The summed E-state index contributed by atoms with van der Waals surface area (Å²) < 4.78 is 0. The number of rotatable bonds is 4. The van der Waals surface area contributed by atoms with E-state index in [1.165, 1.54) is 5.56 Å². The van der Waals surface area contributed by atoms with E-state index in [4.69, 9.17) is 5.73 Å². The molecule has 0 aromatic heterocycles. The number of benzene rings is 1. The first-order chi connectivity index (χ1) is 8.70. The molecule has 1 fully saturated rings. The lowest BCUT2D eigenvalue weighted by atomic mass is 9.95. The third-order valence-corrected chi connectivity index (χ3v) is 3.89. The third-order valence-electron chi connectivity index (χ3n) is 3.89. The van der Waals surface area contributed by atoms with Gasteiger partial charge in [-0.2, -0.15) is 0 Å². The molecule has 106 valence electrons. The molecule has 1 aromatic carbocycles. The highest BCUT2D eigenvalue weighted by molar-refractivity contribution is 5.85. The van der Waals surface area contributed by atoms with Gasteiger partial charge in [-0.1, -0.05) is 36.2 Å². The summed E-state index contributed by atoms with van der Waals surface area (Å²) in [5.74, 6) is 0.673. The van der Waals surface area contributed by atoms with Crippen molar-refractivity contribution in [2.75, 3.05) is 6.54 Å². The van der Waals surface area contributed by atoms with Gasteiger partial charge in [0.1, 0.15) is 0 Å². The van der Waals surface area contributed by atoms with Gasteiger partial charge in [-0.3, -0.25) is 4.79 Å². The quantitative estimate of drug-likeness (QED) is 0.891. The van der Waals surface area contributed by atoms with Crippen molar-refractivity contribution in [3.8, 4) is 0 Å². The van der Waals surface area contributed by atoms with E-state index in [9.17, 15) is 4.79 Å². The number of hydrogen-bond acceptors (Lipinski definition) is 2. The number of aryl methyl sites for hydroxylation is 1. The van der Waals surface area contributed by atoms with E-state index in [1.807, 2.05) is 0 Å².